The van der Waals surface area contributed by atoms with E-state index in [2.05, 4.69) is 5.32 Å². The van der Waals surface area contributed by atoms with Crippen LogP contribution in [0.3, 0.4) is 0 Å². The van der Waals surface area contributed by atoms with Gasteiger partial charge in [0.2, 0.25) is 5.91 Å². The van der Waals surface area contributed by atoms with Gasteiger partial charge < -0.3 is 5.32 Å². The zero-order valence-corrected chi connectivity index (χ0v) is 14.9. The number of nitrogens with one attached hydrogen (secondary N) is 1. The van der Waals surface area contributed by atoms with Crippen LogP contribution < -0.4 is 5.32 Å². The molecule has 6 heteroatoms. The summed E-state index contributed by atoms with van der Waals surface area (Å²) in [5.41, 5.74) is 4.04. The Kier molecular flexibility index (Phi) is 4.35. The van der Waals surface area contributed by atoms with Crippen molar-refractivity contribution in [1.29, 1.82) is 0 Å². The molecule has 25 heavy (non-hydrogen) atoms. The first-order valence-electron chi connectivity index (χ1n) is 7.82. The molecule has 5 nitrogen and oxygen atoms in total. The second kappa shape index (κ2) is 6.33. The number of anilines is 1. The maximum absolute atomic E-state index is 12.4. The standard InChI is InChI=1S/C19H17ClN2O3/c1-10-7-11(2)17(12(3)8-10)21-15(23)9-22-18(24)13-5-4-6-14(20)16(13)19(22)25/h4-8H,9H2,1-3H3,(H,21,23). The molecule has 128 valence electrons. The number of fused-ring (bicyclic) bond motifs is 1. The highest BCUT2D eigenvalue weighted by atomic mass is 35.5. The van der Waals surface area contributed by atoms with Crippen LogP contribution in [0.25, 0.3) is 0 Å². The minimum Gasteiger partial charge on any atom is -0.324 e. The number of carbonyl (C=O) groups is 3. The molecule has 3 rings (SSSR count). The third-order valence-electron chi connectivity index (χ3n) is 4.19. The van der Waals surface area contributed by atoms with Gasteiger partial charge in [0.05, 0.1) is 16.1 Å². The van der Waals surface area contributed by atoms with E-state index in [0.29, 0.717) is 5.69 Å². The topological polar surface area (TPSA) is 66.5 Å². The lowest BCUT2D eigenvalue weighted by atomic mass is 10.1. The molecule has 0 radical (unpaired) electrons. The Hall–Kier alpha value is -2.66. The summed E-state index contributed by atoms with van der Waals surface area (Å²) in [4.78, 5) is 38.1. The van der Waals surface area contributed by atoms with E-state index in [-0.39, 0.29) is 22.7 Å². The van der Waals surface area contributed by atoms with Crippen molar-refractivity contribution in [3.05, 3.63) is 63.2 Å². The molecule has 2 aromatic rings. The molecule has 1 N–H and O–H groups in total. The van der Waals surface area contributed by atoms with E-state index in [1.807, 2.05) is 32.9 Å². The molecule has 0 spiro atoms. The van der Waals surface area contributed by atoms with Crippen molar-refractivity contribution in [1.82, 2.24) is 4.90 Å². The number of hydrogen-bond donors (Lipinski definition) is 1. The third kappa shape index (κ3) is 3.03. The maximum atomic E-state index is 12.4. The van der Waals surface area contributed by atoms with Gasteiger partial charge in [0.1, 0.15) is 6.54 Å². The first kappa shape index (κ1) is 17.2. The Labute approximate surface area is 150 Å². The molecule has 0 atom stereocenters. The van der Waals surface area contributed by atoms with E-state index in [9.17, 15) is 14.4 Å². The van der Waals surface area contributed by atoms with Crippen LogP contribution in [-0.2, 0) is 4.79 Å². The zero-order chi connectivity index (χ0) is 18.3. The first-order valence-corrected chi connectivity index (χ1v) is 8.20. The number of nitrogens with zero attached hydrogens (tertiary/aromatic N) is 1. The summed E-state index contributed by atoms with van der Waals surface area (Å²) in [6.45, 7) is 5.43. The summed E-state index contributed by atoms with van der Waals surface area (Å²) in [5.74, 6) is -1.48. The zero-order valence-electron chi connectivity index (χ0n) is 14.1. The second-order valence-corrected chi connectivity index (χ2v) is 6.59. The van der Waals surface area contributed by atoms with Crippen molar-refractivity contribution in [2.75, 3.05) is 11.9 Å². The number of carbonyl (C=O) groups excluding carboxylic acids is 3. The summed E-state index contributed by atoms with van der Waals surface area (Å²) in [5, 5.41) is 3.01. The summed E-state index contributed by atoms with van der Waals surface area (Å²) in [6, 6.07) is 8.62. The quantitative estimate of drug-likeness (QED) is 0.856. The van der Waals surface area contributed by atoms with Crippen LogP contribution in [0.2, 0.25) is 5.02 Å². The third-order valence-corrected chi connectivity index (χ3v) is 4.51. The molecule has 0 saturated carbocycles. The molecular formula is C19H17ClN2O3. The first-order chi connectivity index (χ1) is 11.8. The summed E-state index contributed by atoms with van der Waals surface area (Å²) >= 11 is 6.02. The van der Waals surface area contributed by atoms with Crippen molar-refractivity contribution in [3.8, 4) is 0 Å². The van der Waals surface area contributed by atoms with Gasteiger partial charge in [0.15, 0.2) is 0 Å². The Bertz CT molecular complexity index is 898. The summed E-state index contributed by atoms with van der Waals surface area (Å²) < 4.78 is 0. The van der Waals surface area contributed by atoms with Crippen molar-refractivity contribution in [2.45, 2.75) is 20.8 Å². The van der Waals surface area contributed by atoms with Gasteiger partial charge in [-0.15, -0.1) is 0 Å². The van der Waals surface area contributed by atoms with Gasteiger partial charge in [0, 0.05) is 5.69 Å². The van der Waals surface area contributed by atoms with Crippen LogP contribution in [0.4, 0.5) is 5.69 Å². The van der Waals surface area contributed by atoms with Crippen LogP contribution >= 0.6 is 11.6 Å². The fraction of sp³-hybridized carbons (Fsp3) is 0.211. The monoisotopic (exact) mass is 356 g/mol. The molecule has 2 aromatic carbocycles. The Morgan fingerprint density at radius 1 is 1.08 bits per heavy atom. The van der Waals surface area contributed by atoms with Gasteiger partial charge in [-0.05, 0) is 44.0 Å². The number of benzene rings is 2. The van der Waals surface area contributed by atoms with E-state index in [1.165, 1.54) is 6.07 Å². The average Bonchev–Trinajstić information content (AvgIpc) is 2.77. The molecule has 0 saturated heterocycles. The van der Waals surface area contributed by atoms with Crippen LogP contribution in [0.1, 0.15) is 37.4 Å². The highest BCUT2D eigenvalue weighted by Crippen LogP contribution is 2.29. The predicted molar refractivity (Wildman–Crippen MR) is 96.1 cm³/mol. The van der Waals surface area contributed by atoms with Gasteiger partial charge in [-0.2, -0.15) is 0 Å². The normalized spacial score (nSPS) is 13.2. The SMILES string of the molecule is Cc1cc(C)c(NC(=O)CN2C(=O)c3cccc(Cl)c3C2=O)c(C)c1. The number of aryl methyl sites for hydroxylation is 3. The summed E-state index contributed by atoms with van der Waals surface area (Å²) in [6.07, 6.45) is 0. The van der Waals surface area contributed by atoms with Gasteiger partial charge in [-0.3, -0.25) is 19.3 Å². The predicted octanol–water partition coefficient (Wildman–Crippen LogP) is 3.50. The molecule has 3 amide bonds. The molecule has 1 heterocycles. The Balaban J connectivity index is 1.80. The van der Waals surface area contributed by atoms with E-state index in [1.54, 1.807) is 12.1 Å². The Morgan fingerprint density at radius 3 is 2.32 bits per heavy atom. The van der Waals surface area contributed by atoms with Crippen molar-refractivity contribution < 1.29 is 14.4 Å². The second-order valence-electron chi connectivity index (χ2n) is 6.18. The summed E-state index contributed by atoms with van der Waals surface area (Å²) in [7, 11) is 0. The molecule has 0 fully saturated rings. The van der Waals surface area contributed by atoms with Gasteiger partial charge >= 0.3 is 0 Å². The average molecular weight is 357 g/mol. The minimum absolute atomic E-state index is 0.157. The lowest BCUT2D eigenvalue weighted by Crippen LogP contribution is -2.37. The van der Waals surface area contributed by atoms with E-state index < -0.39 is 17.7 Å². The maximum Gasteiger partial charge on any atom is 0.263 e. The lowest BCUT2D eigenvalue weighted by Gasteiger charge is -2.16. The van der Waals surface area contributed by atoms with Crippen LogP contribution in [-0.4, -0.2) is 29.2 Å². The van der Waals surface area contributed by atoms with Crippen molar-refractivity contribution in [3.63, 3.8) is 0 Å². The van der Waals surface area contributed by atoms with E-state index >= 15 is 0 Å². The molecule has 0 bridgehead atoms. The van der Waals surface area contributed by atoms with Gasteiger partial charge in [-0.1, -0.05) is 35.4 Å². The highest BCUT2D eigenvalue weighted by Gasteiger charge is 2.38. The number of rotatable bonds is 3. The number of hydrogen-bond acceptors (Lipinski definition) is 3. The largest absolute Gasteiger partial charge is 0.324 e. The smallest absolute Gasteiger partial charge is 0.263 e. The molecule has 1 aliphatic heterocycles. The fourth-order valence-corrected chi connectivity index (χ4v) is 3.39. The van der Waals surface area contributed by atoms with E-state index in [0.717, 1.165) is 21.6 Å². The van der Waals surface area contributed by atoms with E-state index in [4.69, 9.17) is 11.6 Å². The Morgan fingerprint density at radius 2 is 1.72 bits per heavy atom. The van der Waals surface area contributed by atoms with Crippen LogP contribution in [0, 0.1) is 20.8 Å². The van der Waals surface area contributed by atoms with Crippen LogP contribution in [0.15, 0.2) is 30.3 Å². The molecule has 0 aliphatic carbocycles. The molecule has 0 unspecified atom stereocenters. The number of amides is 3. The fourth-order valence-electron chi connectivity index (χ4n) is 3.14. The lowest BCUT2D eigenvalue weighted by molar-refractivity contribution is -0.116. The number of halogens is 1. The van der Waals surface area contributed by atoms with Crippen molar-refractivity contribution >= 4 is 35.0 Å². The molecule has 1 aliphatic rings. The van der Waals surface area contributed by atoms with Crippen molar-refractivity contribution in [2.24, 2.45) is 0 Å². The van der Waals surface area contributed by atoms with Crippen LogP contribution in [0.5, 0.6) is 0 Å². The van der Waals surface area contributed by atoms with Gasteiger partial charge in [0.25, 0.3) is 11.8 Å². The number of imide groups is 1. The highest BCUT2D eigenvalue weighted by molar-refractivity contribution is 6.37. The van der Waals surface area contributed by atoms with Gasteiger partial charge in [-0.25, -0.2) is 0 Å². The molecule has 0 aromatic heterocycles. The molecular weight excluding hydrogens is 340 g/mol. The minimum atomic E-state index is -0.543.